The number of piperazine rings is 1. The Labute approximate surface area is 155 Å². The highest BCUT2D eigenvalue weighted by Crippen LogP contribution is 2.29. The van der Waals surface area contributed by atoms with Gasteiger partial charge in [0.2, 0.25) is 0 Å². The SMILES string of the molecule is O=c1cc2c(nn1CCN1CCN(CC3(O)CCCCC3)CC1)CCC2. The van der Waals surface area contributed by atoms with Gasteiger partial charge in [-0.15, -0.1) is 0 Å². The van der Waals surface area contributed by atoms with Crippen molar-refractivity contribution >= 4 is 0 Å². The number of aromatic nitrogens is 2. The summed E-state index contributed by atoms with van der Waals surface area (Å²) in [5.41, 5.74) is 1.86. The molecule has 0 spiro atoms. The van der Waals surface area contributed by atoms with Crippen LogP contribution in [-0.2, 0) is 19.4 Å². The van der Waals surface area contributed by atoms with Crippen LogP contribution < -0.4 is 5.56 Å². The number of hydrogen-bond acceptors (Lipinski definition) is 5. The Kier molecular flexibility index (Phi) is 5.43. The second-order valence-electron chi connectivity index (χ2n) is 8.43. The fourth-order valence-corrected chi connectivity index (χ4v) is 4.79. The van der Waals surface area contributed by atoms with E-state index in [1.165, 1.54) is 19.3 Å². The molecular weight excluding hydrogens is 328 g/mol. The van der Waals surface area contributed by atoms with Crippen LogP contribution in [0, 0.1) is 0 Å². The van der Waals surface area contributed by atoms with Crippen molar-refractivity contribution in [2.24, 2.45) is 0 Å². The molecule has 1 N–H and O–H groups in total. The normalized spacial score (nSPS) is 23.9. The maximum Gasteiger partial charge on any atom is 0.267 e. The zero-order valence-electron chi connectivity index (χ0n) is 15.8. The molecule has 1 saturated carbocycles. The zero-order chi connectivity index (χ0) is 18.0. The molecule has 26 heavy (non-hydrogen) atoms. The quantitative estimate of drug-likeness (QED) is 0.850. The summed E-state index contributed by atoms with van der Waals surface area (Å²) < 4.78 is 1.65. The lowest BCUT2D eigenvalue weighted by Crippen LogP contribution is -2.53. The van der Waals surface area contributed by atoms with Gasteiger partial charge in [0, 0.05) is 45.3 Å². The summed E-state index contributed by atoms with van der Waals surface area (Å²) in [6.07, 6.45) is 8.66. The van der Waals surface area contributed by atoms with Gasteiger partial charge in [0.15, 0.2) is 0 Å². The van der Waals surface area contributed by atoms with E-state index in [0.717, 1.165) is 82.6 Å². The molecule has 6 nitrogen and oxygen atoms in total. The molecule has 0 atom stereocenters. The first kappa shape index (κ1) is 18.1. The zero-order valence-corrected chi connectivity index (χ0v) is 15.8. The highest BCUT2D eigenvalue weighted by molar-refractivity contribution is 5.22. The number of aryl methyl sites for hydroxylation is 2. The Morgan fingerprint density at radius 3 is 2.46 bits per heavy atom. The van der Waals surface area contributed by atoms with Crippen molar-refractivity contribution in [1.29, 1.82) is 0 Å². The summed E-state index contributed by atoms with van der Waals surface area (Å²) in [7, 11) is 0. The van der Waals surface area contributed by atoms with E-state index in [0.29, 0.717) is 6.54 Å². The lowest BCUT2D eigenvalue weighted by molar-refractivity contribution is -0.0356. The maximum absolute atomic E-state index is 12.2. The first-order valence-electron chi connectivity index (χ1n) is 10.4. The van der Waals surface area contributed by atoms with Crippen molar-refractivity contribution in [3.8, 4) is 0 Å². The fraction of sp³-hybridized carbons (Fsp3) is 0.800. The molecule has 1 aromatic rings. The highest BCUT2D eigenvalue weighted by atomic mass is 16.3. The van der Waals surface area contributed by atoms with Crippen LogP contribution in [0.5, 0.6) is 0 Å². The van der Waals surface area contributed by atoms with E-state index < -0.39 is 5.60 Å². The summed E-state index contributed by atoms with van der Waals surface area (Å²) in [4.78, 5) is 17.0. The Hall–Kier alpha value is -1.24. The molecule has 1 saturated heterocycles. The van der Waals surface area contributed by atoms with Gasteiger partial charge in [0.05, 0.1) is 17.8 Å². The van der Waals surface area contributed by atoms with Crippen LogP contribution in [0.25, 0.3) is 0 Å². The van der Waals surface area contributed by atoms with E-state index in [-0.39, 0.29) is 5.56 Å². The molecule has 6 heteroatoms. The number of aliphatic hydroxyl groups is 1. The molecule has 1 aromatic heterocycles. The molecule has 144 valence electrons. The van der Waals surface area contributed by atoms with E-state index >= 15 is 0 Å². The van der Waals surface area contributed by atoms with Crippen LogP contribution in [0.1, 0.15) is 49.8 Å². The van der Waals surface area contributed by atoms with Crippen molar-refractivity contribution in [3.05, 3.63) is 27.7 Å². The van der Waals surface area contributed by atoms with Gasteiger partial charge in [-0.05, 0) is 37.7 Å². The van der Waals surface area contributed by atoms with Crippen molar-refractivity contribution < 1.29 is 5.11 Å². The largest absolute Gasteiger partial charge is 0.389 e. The van der Waals surface area contributed by atoms with Crippen LogP contribution in [0.15, 0.2) is 10.9 Å². The smallest absolute Gasteiger partial charge is 0.267 e. The second-order valence-corrected chi connectivity index (χ2v) is 8.43. The van der Waals surface area contributed by atoms with Crippen molar-refractivity contribution in [3.63, 3.8) is 0 Å². The molecule has 1 aliphatic heterocycles. The molecule has 2 aliphatic carbocycles. The molecule has 2 heterocycles. The van der Waals surface area contributed by atoms with Gasteiger partial charge < -0.3 is 5.11 Å². The van der Waals surface area contributed by atoms with E-state index in [2.05, 4.69) is 14.9 Å². The van der Waals surface area contributed by atoms with Crippen LogP contribution in [0.2, 0.25) is 0 Å². The van der Waals surface area contributed by atoms with Crippen molar-refractivity contribution in [1.82, 2.24) is 19.6 Å². The first-order chi connectivity index (χ1) is 12.6. The van der Waals surface area contributed by atoms with E-state index in [4.69, 9.17) is 0 Å². The molecule has 0 unspecified atom stereocenters. The second kappa shape index (κ2) is 7.79. The lowest BCUT2D eigenvalue weighted by atomic mass is 9.84. The minimum atomic E-state index is -0.456. The molecule has 0 radical (unpaired) electrons. The molecule has 3 aliphatic rings. The van der Waals surface area contributed by atoms with Gasteiger partial charge in [0.1, 0.15) is 0 Å². The molecule has 2 fully saturated rings. The molecule has 0 amide bonds. The predicted molar refractivity (Wildman–Crippen MR) is 101 cm³/mol. The molecule has 0 aromatic carbocycles. The number of hydrogen-bond donors (Lipinski definition) is 1. The van der Waals surface area contributed by atoms with Gasteiger partial charge in [-0.1, -0.05) is 19.3 Å². The molecule has 0 bridgehead atoms. The van der Waals surface area contributed by atoms with E-state index in [1.807, 2.05) is 0 Å². The predicted octanol–water partition coefficient (Wildman–Crippen LogP) is 1.04. The third-order valence-electron chi connectivity index (χ3n) is 6.42. The first-order valence-corrected chi connectivity index (χ1v) is 10.4. The highest BCUT2D eigenvalue weighted by Gasteiger charge is 2.32. The minimum Gasteiger partial charge on any atom is -0.389 e. The summed E-state index contributed by atoms with van der Waals surface area (Å²) in [5, 5.41) is 15.3. The van der Waals surface area contributed by atoms with Crippen LogP contribution in [-0.4, -0.2) is 69.6 Å². The standard InChI is InChI=1S/C20H32N4O2/c25-19-15-17-5-4-6-18(17)21-24(19)14-13-22-9-11-23(12-10-22)16-20(26)7-2-1-3-8-20/h15,26H,1-14,16H2. The lowest BCUT2D eigenvalue weighted by Gasteiger charge is -2.41. The van der Waals surface area contributed by atoms with Crippen molar-refractivity contribution in [2.75, 3.05) is 39.3 Å². The van der Waals surface area contributed by atoms with Crippen LogP contribution in [0.3, 0.4) is 0 Å². The fourth-order valence-electron chi connectivity index (χ4n) is 4.79. The average Bonchev–Trinajstić information content (AvgIpc) is 3.08. The van der Waals surface area contributed by atoms with Gasteiger partial charge in [0.25, 0.3) is 5.56 Å². The van der Waals surface area contributed by atoms with Crippen LogP contribution in [0.4, 0.5) is 0 Å². The summed E-state index contributed by atoms with van der Waals surface area (Å²) in [5.74, 6) is 0. The van der Waals surface area contributed by atoms with E-state index in [9.17, 15) is 9.90 Å². The van der Waals surface area contributed by atoms with E-state index in [1.54, 1.807) is 10.7 Å². The third-order valence-corrected chi connectivity index (χ3v) is 6.42. The number of β-amino-alcohol motifs (C(OH)–C–C–N with tert-alkyl or cyclic N) is 1. The third kappa shape index (κ3) is 4.18. The Bertz CT molecular complexity index is 673. The minimum absolute atomic E-state index is 0.0452. The number of rotatable bonds is 5. The Morgan fingerprint density at radius 2 is 1.69 bits per heavy atom. The summed E-state index contributed by atoms with van der Waals surface area (Å²) in [6.45, 7) is 6.42. The topological polar surface area (TPSA) is 61.6 Å². The Balaban J connectivity index is 1.25. The van der Waals surface area contributed by atoms with Crippen LogP contribution >= 0.6 is 0 Å². The number of nitrogens with zero attached hydrogens (tertiary/aromatic N) is 4. The van der Waals surface area contributed by atoms with Gasteiger partial charge in [-0.2, -0.15) is 5.10 Å². The molecular formula is C20H32N4O2. The average molecular weight is 361 g/mol. The van der Waals surface area contributed by atoms with Gasteiger partial charge in [-0.25, -0.2) is 4.68 Å². The molecule has 4 rings (SSSR count). The Morgan fingerprint density at radius 1 is 0.962 bits per heavy atom. The summed E-state index contributed by atoms with van der Waals surface area (Å²) >= 11 is 0. The maximum atomic E-state index is 12.2. The summed E-state index contributed by atoms with van der Waals surface area (Å²) in [6, 6.07) is 1.79. The van der Waals surface area contributed by atoms with Crippen molar-refractivity contribution in [2.45, 2.75) is 63.5 Å². The number of fused-ring (bicyclic) bond motifs is 1. The monoisotopic (exact) mass is 360 g/mol. The van der Waals surface area contributed by atoms with Gasteiger partial charge in [-0.3, -0.25) is 14.6 Å². The van der Waals surface area contributed by atoms with Gasteiger partial charge >= 0.3 is 0 Å².